The summed E-state index contributed by atoms with van der Waals surface area (Å²) in [5, 5.41) is 10.7. The normalized spacial score (nSPS) is 23.7. The Bertz CT molecular complexity index is 363. The summed E-state index contributed by atoms with van der Waals surface area (Å²) in [6, 6.07) is 0. The SMILES string of the molecule is CN(C)CC1=CC(C(C)(C)C)(C(C)(C)C)C(O)C=C1. The molecule has 0 heterocycles. The summed E-state index contributed by atoms with van der Waals surface area (Å²) in [5.74, 6) is 0. The maximum atomic E-state index is 10.7. The van der Waals surface area contributed by atoms with Crippen LogP contribution in [-0.2, 0) is 0 Å². The highest BCUT2D eigenvalue weighted by Crippen LogP contribution is 2.56. The van der Waals surface area contributed by atoms with E-state index in [0.29, 0.717) is 0 Å². The molecule has 1 N–H and O–H groups in total. The van der Waals surface area contributed by atoms with E-state index in [2.05, 4.69) is 72.7 Å². The van der Waals surface area contributed by atoms with Crippen LogP contribution in [0.5, 0.6) is 0 Å². The molecule has 0 fully saturated rings. The van der Waals surface area contributed by atoms with Crippen molar-refractivity contribution >= 4 is 0 Å². The lowest BCUT2D eigenvalue weighted by Gasteiger charge is -2.55. The Balaban J connectivity index is 3.37. The van der Waals surface area contributed by atoms with E-state index in [1.165, 1.54) is 5.57 Å². The first-order chi connectivity index (χ1) is 8.42. The molecule has 0 aromatic carbocycles. The third-order valence-electron chi connectivity index (χ3n) is 4.35. The van der Waals surface area contributed by atoms with Crippen molar-refractivity contribution in [2.75, 3.05) is 20.6 Å². The van der Waals surface area contributed by atoms with Crippen LogP contribution < -0.4 is 0 Å². The Morgan fingerprint density at radius 1 is 1.11 bits per heavy atom. The first-order valence-corrected chi connectivity index (χ1v) is 7.14. The molecule has 1 aliphatic carbocycles. The van der Waals surface area contributed by atoms with E-state index in [0.717, 1.165) is 6.54 Å². The molecule has 0 aromatic heterocycles. The molecule has 0 aliphatic heterocycles. The highest BCUT2D eigenvalue weighted by atomic mass is 16.3. The third kappa shape index (κ3) is 2.95. The molecule has 0 spiro atoms. The monoisotopic (exact) mass is 265 g/mol. The number of hydrogen-bond donors (Lipinski definition) is 1. The zero-order chi connectivity index (χ0) is 15.1. The molecular weight excluding hydrogens is 234 g/mol. The van der Waals surface area contributed by atoms with Crippen LogP contribution in [0.25, 0.3) is 0 Å². The minimum absolute atomic E-state index is 0.00695. The molecule has 110 valence electrons. The van der Waals surface area contributed by atoms with Gasteiger partial charge in [0.05, 0.1) is 6.10 Å². The molecule has 1 atom stereocenters. The van der Waals surface area contributed by atoms with E-state index in [9.17, 15) is 5.11 Å². The van der Waals surface area contributed by atoms with E-state index < -0.39 is 6.10 Å². The Labute approximate surface area is 119 Å². The van der Waals surface area contributed by atoms with Crippen LogP contribution in [0.1, 0.15) is 41.5 Å². The van der Waals surface area contributed by atoms with Crippen molar-refractivity contribution in [1.29, 1.82) is 0 Å². The summed E-state index contributed by atoms with van der Waals surface area (Å²) in [6.07, 6.45) is 5.92. The molecule has 19 heavy (non-hydrogen) atoms. The van der Waals surface area contributed by atoms with Gasteiger partial charge in [0, 0.05) is 12.0 Å². The molecular formula is C17H31NO. The summed E-state index contributed by atoms with van der Waals surface area (Å²) < 4.78 is 0. The van der Waals surface area contributed by atoms with Crippen molar-refractivity contribution in [3.05, 3.63) is 23.8 Å². The van der Waals surface area contributed by atoms with Crippen molar-refractivity contribution < 1.29 is 5.11 Å². The molecule has 1 rings (SSSR count). The molecule has 0 bridgehead atoms. The summed E-state index contributed by atoms with van der Waals surface area (Å²) in [6.45, 7) is 14.3. The first-order valence-electron chi connectivity index (χ1n) is 7.14. The first kappa shape index (κ1) is 16.5. The molecule has 0 amide bonds. The number of likely N-dealkylation sites (N-methyl/N-ethyl adjacent to an activating group) is 1. The van der Waals surface area contributed by atoms with Gasteiger partial charge in [-0.25, -0.2) is 0 Å². The number of rotatable bonds is 2. The average molecular weight is 265 g/mol. The fourth-order valence-electron chi connectivity index (χ4n) is 3.70. The Hall–Kier alpha value is -0.600. The molecule has 0 saturated heterocycles. The van der Waals surface area contributed by atoms with Gasteiger partial charge in [0.2, 0.25) is 0 Å². The van der Waals surface area contributed by atoms with Crippen LogP contribution in [0, 0.1) is 16.2 Å². The molecule has 1 aliphatic rings. The number of aliphatic hydroxyl groups excluding tert-OH is 1. The van der Waals surface area contributed by atoms with Crippen LogP contribution in [-0.4, -0.2) is 36.8 Å². The highest BCUT2D eigenvalue weighted by molar-refractivity contribution is 5.34. The Kier molecular flexibility index (Phi) is 4.39. The van der Waals surface area contributed by atoms with Gasteiger partial charge in [-0.3, -0.25) is 0 Å². The number of hydrogen-bond acceptors (Lipinski definition) is 2. The van der Waals surface area contributed by atoms with Crippen LogP contribution in [0.15, 0.2) is 23.8 Å². The molecule has 0 radical (unpaired) electrons. The number of aliphatic hydroxyl groups is 1. The van der Waals surface area contributed by atoms with Crippen molar-refractivity contribution in [3.8, 4) is 0 Å². The fraction of sp³-hybridized carbons (Fsp3) is 0.765. The topological polar surface area (TPSA) is 23.5 Å². The van der Waals surface area contributed by atoms with Crippen molar-refractivity contribution in [2.45, 2.75) is 47.6 Å². The predicted octanol–water partition coefficient (Wildman–Crippen LogP) is 3.48. The lowest BCUT2D eigenvalue weighted by molar-refractivity contribution is -0.0713. The van der Waals surface area contributed by atoms with Crippen molar-refractivity contribution in [1.82, 2.24) is 4.90 Å². The van der Waals surface area contributed by atoms with Crippen LogP contribution in [0.4, 0.5) is 0 Å². The summed E-state index contributed by atoms with van der Waals surface area (Å²) >= 11 is 0. The molecule has 2 nitrogen and oxygen atoms in total. The van der Waals surface area contributed by atoms with Gasteiger partial charge in [0.15, 0.2) is 0 Å². The summed E-state index contributed by atoms with van der Waals surface area (Å²) in [4.78, 5) is 2.17. The van der Waals surface area contributed by atoms with Gasteiger partial charge in [-0.05, 0) is 30.5 Å². The standard InChI is InChI=1S/C17H31NO/c1-15(2,3)17(16(4,5)6)11-13(12-18(7)8)9-10-14(17)19/h9-11,14,19H,12H2,1-8H3. The van der Waals surface area contributed by atoms with Gasteiger partial charge < -0.3 is 10.0 Å². The maximum Gasteiger partial charge on any atom is 0.0825 e. The second-order valence-corrected chi connectivity index (χ2v) is 8.13. The second-order valence-electron chi connectivity index (χ2n) is 8.13. The third-order valence-corrected chi connectivity index (χ3v) is 4.35. The Morgan fingerprint density at radius 2 is 1.58 bits per heavy atom. The smallest absolute Gasteiger partial charge is 0.0825 e. The zero-order valence-corrected chi connectivity index (χ0v) is 13.9. The lowest BCUT2D eigenvalue weighted by Crippen LogP contribution is -2.53. The maximum absolute atomic E-state index is 10.7. The van der Waals surface area contributed by atoms with Crippen molar-refractivity contribution in [2.24, 2.45) is 16.2 Å². The molecule has 2 heteroatoms. The van der Waals surface area contributed by atoms with Crippen molar-refractivity contribution in [3.63, 3.8) is 0 Å². The largest absolute Gasteiger partial charge is 0.388 e. The van der Waals surface area contributed by atoms with Gasteiger partial charge >= 0.3 is 0 Å². The predicted molar refractivity (Wildman–Crippen MR) is 83.1 cm³/mol. The molecule has 1 unspecified atom stereocenters. The van der Waals surface area contributed by atoms with Gasteiger partial charge in [-0.15, -0.1) is 0 Å². The summed E-state index contributed by atoms with van der Waals surface area (Å²) in [7, 11) is 4.16. The van der Waals surface area contributed by atoms with Gasteiger partial charge in [0.25, 0.3) is 0 Å². The van der Waals surface area contributed by atoms with Crippen LogP contribution in [0.2, 0.25) is 0 Å². The van der Waals surface area contributed by atoms with Crippen LogP contribution >= 0.6 is 0 Å². The quantitative estimate of drug-likeness (QED) is 0.826. The fourth-order valence-corrected chi connectivity index (χ4v) is 3.70. The molecule has 0 saturated carbocycles. The van der Waals surface area contributed by atoms with Gasteiger partial charge in [-0.1, -0.05) is 59.8 Å². The van der Waals surface area contributed by atoms with E-state index in [-0.39, 0.29) is 16.2 Å². The Morgan fingerprint density at radius 3 is 1.95 bits per heavy atom. The van der Waals surface area contributed by atoms with E-state index in [1.54, 1.807) is 0 Å². The van der Waals surface area contributed by atoms with Gasteiger partial charge in [0.1, 0.15) is 0 Å². The van der Waals surface area contributed by atoms with Crippen LogP contribution in [0.3, 0.4) is 0 Å². The minimum atomic E-state index is -0.432. The lowest BCUT2D eigenvalue weighted by atomic mass is 9.50. The minimum Gasteiger partial charge on any atom is -0.388 e. The number of nitrogens with zero attached hydrogens (tertiary/aromatic N) is 1. The van der Waals surface area contributed by atoms with E-state index in [1.807, 2.05) is 6.08 Å². The van der Waals surface area contributed by atoms with E-state index >= 15 is 0 Å². The second kappa shape index (κ2) is 5.06. The van der Waals surface area contributed by atoms with E-state index in [4.69, 9.17) is 0 Å². The van der Waals surface area contributed by atoms with Gasteiger partial charge in [-0.2, -0.15) is 0 Å². The molecule has 0 aromatic rings. The summed E-state index contributed by atoms with van der Waals surface area (Å²) in [5.41, 5.74) is 1.03. The zero-order valence-electron chi connectivity index (χ0n) is 13.9. The highest BCUT2D eigenvalue weighted by Gasteiger charge is 2.53. The average Bonchev–Trinajstić information content (AvgIpc) is 2.16.